The highest BCUT2D eigenvalue weighted by molar-refractivity contribution is 7.88. The van der Waals surface area contributed by atoms with Gasteiger partial charge in [-0.05, 0) is 12.3 Å². The highest BCUT2D eigenvalue weighted by atomic mass is 32.2. The summed E-state index contributed by atoms with van der Waals surface area (Å²) in [4.78, 5) is 27.1. The molecule has 0 radical (unpaired) electrons. The number of sulfonamides is 1. The molecule has 2 atom stereocenters. The normalized spacial score (nSPS) is 27.6. The molecule has 0 aliphatic carbocycles. The van der Waals surface area contributed by atoms with E-state index in [0.717, 1.165) is 6.42 Å². The van der Waals surface area contributed by atoms with E-state index in [1.165, 1.54) is 15.5 Å². The number of amides is 2. The fraction of sp³-hybridized carbons (Fsp3) is 0.833. The zero-order valence-corrected chi connectivity index (χ0v) is 12.9. The fourth-order valence-electron chi connectivity index (χ4n) is 2.80. The molecule has 2 fully saturated rings. The Bertz CT molecular complexity index is 517. The maximum atomic E-state index is 12.4. The van der Waals surface area contributed by atoms with E-state index in [2.05, 4.69) is 0 Å². The second-order valence-corrected chi connectivity index (χ2v) is 7.77. The molecule has 20 heavy (non-hydrogen) atoms. The smallest absolute Gasteiger partial charge is 0.241 e. The average Bonchev–Trinajstić information content (AvgIpc) is 2.77. The first-order valence-corrected chi connectivity index (χ1v) is 8.49. The Morgan fingerprint density at radius 2 is 2.00 bits per heavy atom. The number of carbonyl (C=O) groups excluding carboxylic acids is 2. The van der Waals surface area contributed by atoms with Gasteiger partial charge >= 0.3 is 0 Å². The third-order valence-electron chi connectivity index (χ3n) is 4.10. The molecule has 2 rings (SSSR count). The zero-order valence-electron chi connectivity index (χ0n) is 12.1. The van der Waals surface area contributed by atoms with Crippen LogP contribution in [-0.4, -0.2) is 80.9 Å². The molecule has 0 bridgehead atoms. The maximum Gasteiger partial charge on any atom is 0.241 e. The van der Waals surface area contributed by atoms with Gasteiger partial charge in [-0.15, -0.1) is 0 Å². The van der Waals surface area contributed by atoms with Gasteiger partial charge in [0.1, 0.15) is 0 Å². The number of hydrogen-bond acceptors (Lipinski definition) is 4. The second-order valence-electron chi connectivity index (χ2n) is 5.78. The minimum Gasteiger partial charge on any atom is -0.347 e. The minimum absolute atomic E-state index is 0.0773. The monoisotopic (exact) mass is 303 g/mol. The van der Waals surface area contributed by atoms with Gasteiger partial charge in [-0.25, -0.2) is 12.7 Å². The van der Waals surface area contributed by atoms with E-state index in [0.29, 0.717) is 13.1 Å². The topological polar surface area (TPSA) is 78.0 Å². The minimum atomic E-state index is -3.25. The van der Waals surface area contributed by atoms with Crippen LogP contribution in [0.4, 0.5) is 0 Å². The van der Waals surface area contributed by atoms with E-state index in [4.69, 9.17) is 0 Å². The van der Waals surface area contributed by atoms with E-state index >= 15 is 0 Å². The van der Waals surface area contributed by atoms with Crippen molar-refractivity contribution in [2.45, 2.75) is 6.42 Å². The number of rotatable bonds is 3. The number of fused-ring (bicyclic) bond motifs is 1. The first kappa shape index (κ1) is 15.2. The van der Waals surface area contributed by atoms with Crippen molar-refractivity contribution in [3.8, 4) is 0 Å². The molecule has 0 N–H and O–H groups in total. The Labute approximate surface area is 119 Å². The Morgan fingerprint density at radius 3 is 2.55 bits per heavy atom. The van der Waals surface area contributed by atoms with Gasteiger partial charge in [0.05, 0.1) is 18.7 Å². The van der Waals surface area contributed by atoms with Gasteiger partial charge in [-0.2, -0.15) is 0 Å². The van der Waals surface area contributed by atoms with Crippen molar-refractivity contribution in [1.82, 2.24) is 14.1 Å². The molecule has 2 saturated heterocycles. The van der Waals surface area contributed by atoms with E-state index < -0.39 is 10.0 Å². The molecular formula is C12H21N3O4S. The molecule has 0 aromatic rings. The zero-order chi connectivity index (χ0) is 15.1. The van der Waals surface area contributed by atoms with Crippen LogP contribution in [0.25, 0.3) is 0 Å². The predicted molar refractivity (Wildman–Crippen MR) is 73.3 cm³/mol. The first-order valence-electron chi connectivity index (χ1n) is 6.64. The summed E-state index contributed by atoms with van der Waals surface area (Å²) in [5.41, 5.74) is 0. The predicted octanol–water partition coefficient (Wildman–Crippen LogP) is -1.19. The molecule has 0 unspecified atom stereocenters. The van der Waals surface area contributed by atoms with Crippen LogP contribution in [0.15, 0.2) is 0 Å². The van der Waals surface area contributed by atoms with Crippen molar-refractivity contribution in [1.29, 1.82) is 0 Å². The number of likely N-dealkylation sites (N-methyl/N-ethyl adjacent to an activating group) is 1. The van der Waals surface area contributed by atoms with Crippen LogP contribution in [-0.2, 0) is 19.6 Å². The molecule has 2 amide bonds. The van der Waals surface area contributed by atoms with Gasteiger partial charge in [0, 0.05) is 33.7 Å². The van der Waals surface area contributed by atoms with Crippen LogP contribution in [0.3, 0.4) is 0 Å². The molecule has 0 spiro atoms. The standard InChI is InChI=1S/C12H21N3O4S/c1-13(2)11(16)8-14-5-4-9-6-15(20(3,18)19)7-10(9)12(14)17/h9-10H,4-8H2,1-3H3/t9-,10-/m0/s1. The van der Waals surface area contributed by atoms with Crippen molar-refractivity contribution in [3.63, 3.8) is 0 Å². The summed E-state index contributed by atoms with van der Waals surface area (Å²) in [6, 6.07) is 0. The Balaban J connectivity index is 2.05. The maximum absolute atomic E-state index is 12.4. The van der Waals surface area contributed by atoms with E-state index in [1.54, 1.807) is 19.0 Å². The Hall–Kier alpha value is -1.15. The van der Waals surface area contributed by atoms with Gasteiger partial charge in [0.2, 0.25) is 21.8 Å². The molecule has 114 valence electrons. The van der Waals surface area contributed by atoms with Gasteiger partial charge in [0.15, 0.2) is 0 Å². The fourth-order valence-corrected chi connectivity index (χ4v) is 3.70. The third-order valence-corrected chi connectivity index (χ3v) is 5.34. The van der Waals surface area contributed by atoms with Crippen LogP contribution in [0, 0.1) is 11.8 Å². The van der Waals surface area contributed by atoms with Crippen molar-refractivity contribution in [3.05, 3.63) is 0 Å². The van der Waals surface area contributed by atoms with Crippen molar-refractivity contribution in [2.24, 2.45) is 11.8 Å². The summed E-state index contributed by atoms with van der Waals surface area (Å²) in [6.45, 7) is 1.27. The quantitative estimate of drug-likeness (QED) is 0.657. The summed E-state index contributed by atoms with van der Waals surface area (Å²) in [5, 5.41) is 0. The lowest BCUT2D eigenvalue weighted by Crippen LogP contribution is -2.49. The van der Waals surface area contributed by atoms with Crippen molar-refractivity contribution in [2.75, 3.05) is 46.5 Å². The summed E-state index contributed by atoms with van der Waals surface area (Å²) in [5.74, 6) is -0.422. The van der Waals surface area contributed by atoms with Gasteiger partial charge in [-0.3, -0.25) is 9.59 Å². The highest BCUT2D eigenvalue weighted by Gasteiger charge is 2.45. The lowest BCUT2D eigenvalue weighted by molar-refractivity contribution is -0.145. The summed E-state index contributed by atoms with van der Waals surface area (Å²) in [6.07, 6.45) is 1.92. The van der Waals surface area contributed by atoms with E-state index in [1.807, 2.05) is 0 Å². The lowest BCUT2D eigenvalue weighted by atomic mass is 9.88. The average molecular weight is 303 g/mol. The number of hydrogen-bond donors (Lipinski definition) is 0. The van der Waals surface area contributed by atoms with Gasteiger partial charge in [-0.1, -0.05) is 0 Å². The molecule has 0 aromatic heterocycles. The summed E-state index contributed by atoms with van der Waals surface area (Å²) < 4.78 is 24.5. The number of piperidine rings is 1. The van der Waals surface area contributed by atoms with Crippen molar-refractivity contribution < 1.29 is 18.0 Å². The molecule has 0 aromatic carbocycles. The van der Waals surface area contributed by atoms with E-state index in [-0.39, 0.29) is 36.7 Å². The SMILES string of the molecule is CN(C)C(=O)CN1CC[C@H]2CN(S(C)(=O)=O)C[C@@H]2C1=O. The van der Waals surface area contributed by atoms with Crippen LogP contribution in [0.5, 0.6) is 0 Å². The molecule has 2 aliphatic heterocycles. The molecule has 2 heterocycles. The van der Waals surface area contributed by atoms with Crippen LogP contribution in [0.2, 0.25) is 0 Å². The Morgan fingerprint density at radius 1 is 1.35 bits per heavy atom. The number of nitrogens with zero attached hydrogens (tertiary/aromatic N) is 3. The molecule has 2 aliphatic rings. The highest BCUT2D eigenvalue weighted by Crippen LogP contribution is 2.33. The largest absolute Gasteiger partial charge is 0.347 e. The first-order chi connectivity index (χ1) is 9.20. The lowest BCUT2D eigenvalue weighted by Gasteiger charge is -2.33. The summed E-state index contributed by atoms with van der Waals surface area (Å²) in [7, 11) is 0.0558. The van der Waals surface area contributed by atoms with Crippen LogP contribution >= 0.6 is 0 Å². The number of likely N-dealkylation sites (tertiary alicyclic amines) is 1. The van der Waals surface area contributed by atoms with Gasteiger partial charge < -0.3 is 9.80 Å². The summed E-state index contributed by atoms with van der Waals surface area (Å²) >= 11 is 0. The molecule has 7 nitrogen and oxygen atoms in total. The molecule has 8 heteroatoms. The second kappa shape index (κ2) is 5.33. The van der Waals surface area contributed by atoms with Crippen molar-refractivity contribution >= 4 is 21.8 Å². The Kier molecular flexibility index (Phi) is 4.06. The van der Waals surface area contributed by atoms with Crippen LogP contribution < -0.4 is 0 Å². The van der Waals surface area contributed by atoms with Crippen LogP contribution in [0.1, 0.15) is 6.42 Å². The number of carbonyl (C=O) groups is 2. The molecular weight excluding hydrogens is 282 g/mol. The van der Waals surface area contributed by atoms with Gasteiger partial charge in [0.25, 0.3) is 0 Å². The van der Waals surface area contributed by atoms with E-state index in [9.17, 15) is 18.0 Å². The third kappa shape index (κ3) is 2.95. The molecule has 0 saturated carbocycles.